The number of hydrogen-bond acceptors (Lipinski definition) is 3. The summed E-state index contributed by atoms with van der Waals surface area (Å²) in [6.07, 6.45) is 0. The maximum Gasteiger partial charge on any atom is 0.133 e. The van der Waals surface area contributed by atoms with Gasteiger partial charge < -0.3 is 4.90 Å². The van der Waals surface area contributed by atoms with E-state index in [4.69, 9.17) is 5.53 Å². The van der Waals surface area contributed by atoms with Gasteiger partial charge in [0.1, 0.15) is 6.04 Å². The monoisotopic (exact) mass is 243 g/mol. The molecule has 0 bridgehead atoms. The van der Waals surface area contributed by atoms with Crippen LogP contribution in [0.15, 0.2) is 35.4 Å². The molecule has 18 heavy (non-hydrogen) atoms. The summed E-state index contributed by atoms with van der Waals surface area (Å²) >= 11 is 0. The topological polar surface area (TPSA) is 75.8 Å². The van der Waals surface area contributed by atoms with Gasteiger partial charge in [-0.25, -0.2) is 0 Å². The Kier molecular flexibility index (Phi) is 5.19. The van der Waals surface area contributed by atoms with Crippen molar-refractivity contribution in [1.82, 2.24) is 4.90 Å². The van der Waals surface area contributed by atoms with Crippen molar-refractivity contribution in [2.24, 2.45) is 5.11 Å². The normalized spacial score (nSPS) is 15.3. The van der Waals surface area contributed by atoms with Crippen LogP contribution in [0.4, 0.5) is 0 Å². The highest BCUT2D eigenvalue weighted by atomic mass is 15.2. The lowest BCUT2D eigenvalue weighted by atomic mass is 9.86. The summed E-state index contributed by atoms with van der Waals surface area (Å²) in [6.45, 7) is 2.02. The maximum absolute atomic E-state index is 9.19. The smallest absolute Gasteiger partial charge is 0.133 e. The quantitative estimate of drug-likeness (QED) is 0.453. The Bertz CT molecular complexity index is 456. The molecule has 1 aromatic carbocycles. The second-order valence-electron chi connectivity index (χ2n) is 4.42. The van der Waals surface area contributed by atoms with E-state index in [9.17, 15) is 5.26 Å². The van der Waals surface area contributed by atoms with Crippen LogP contribution >= 0.6 is 0 Å². The minimum Gasteiger partial charge on any atom is -0.306 e. The van der Waals surface area contributed by atoms with Crippen molar-refractivity contribution in [2.45, 2.75) is 24.9 Å². The van der Waals surface area contributed by atoms with Gasteiger partial charge in [-0.3, -0.25) is 0 Å². The Labute approximate surface area is 107 Å². The largest absolute Gasteiger partial charge is 0.306 e. The summed E-state index contributed by atoms with van der Waals surface area (Å²) < 4.78 is 0. The molecule has 1 rings (SSSR count). The van der Waals surface area contributed by atoms with Gasteiger partial charge >= 0.3 is 0 Å². The molecule has 0 saturated carbocycles. The number of hydrogen-bond donors (Lipinski definition) is 0. The van der Waals surface area contributed by atoms with Crippen LogP contribution in [-0.2, 0) is 0 Å². The van der Waals surface area contributed by atoms with Crippen molar-refractivity contribution in [1.29, 1.82) is 5.26 Å². The maximum atomic E-state index is 9.19. The summed E-state index contributed by atoms with van der Waals surface area (Å²) in [4.78, 5) is 4.80. The van der Waals surface area contributed by atoms with Gasteiger partial charge in [-0.2, -0.15) is 5.26 Å². The van der Waals surface area contributed by atoms with E-state index in [1.807, 2.05) is 56.3 Å². The van der Waals surface area contributed by atoms with E-state index in [0.29, 0.717) is 0 Å². The molecule has 0 amide bonds. The lowest BCUT2D eigenvalue weighted by Gasteiger charge is -2.31. The third kappa shape index (κ3) is 3.24. The number of nitrogens with zero attached hydrogens (tertiary/aromatic N) is 5. The lowest BCUT2D eigenvalue weighted by Crippen LogP contribution is -2.36. The first-order valence-corrected chi connectivity index (χ1v) is 5.77. The minimum atomic E-state index is -0.699. The summed E-state index contributed by atoms with van der Waals surface area (Å²) in [6, 6.07) is 11.2. The fraction of sp³-hybridized carbons (Fsp3) is 0.462. The number of benzene rings is 1. The molecule has 5 heteroatoms. The van der Waals surface area contributed by atoms with Crippen LogP contribution in [0, 0.1) is 11.3 Å². The number of rotatable bonds is 5. The van der Waals surface area contributed by atoms with Crippen LogP contribution in [0.3, 0.4) is 0 Å². The summed E-state index contributed by atoms with van der Waals surface area (Å²) in [5.74, 6) is -0.137. The second-order valence-corrected chi connectivity index (χ2v) is 4.42. The number of azide groups is 1. The van der Waals surface area contributed by atoms with E-state index in [1.54, 1.807) is 0 Å². The number of likely N-dealkylation sites (N-methyl/N-ethyl adjacent to an activating group) is 1. The van der Waals surface area contributed by atoms with Crippen LogP contribution in [0.1, 0.15) is 18.4 Å². The molecule has 0 aliphatic rings. The Morgan fingerprint density at radius 3 is 2.39 bits per heavy atom. The summed E-state index contributed by atoms with van der Waals surface area (Å²) in [7, 11) is 3.90. The van der Waals surface area contributed by atoms with Crippen molar-refractivity contribution in [3.8, 4) is 6.07 Å². The lowest BCUT2D eigenvalue weighted by molar-refractivity contribution is 0.262. The average molecular weight is 243 g/mol. The van der Waals surface area contributed by atoms with E-state index in [1.165, 1.54) is 0 Å². The van der Waals surface area contributed by atoms with Gasteiger partial charge in [0.25, 0.3) is 0 Å². The molecule has 0 fully saturated rings. The molecule has 0 heterocycles. The standard InChI is InChI=1S/C13H17N5/c1-10(18(2)3)13(12(9-14)16-17-15)11-7-5-4-6-8-11/h4-8,10,12-13H,1-3H3/t10-,12+,13+/m0/s1. The zero-order valence-corrected chi connectivity index (χ0v) is 10.9. The van der Waals surface area contributed by atoms with Crippen molar-refractivity contribution in [3.05, 3.63) is 46.3 Å². The Morgan fingerprint density at radius 1 is 1.33 bits per heavy atom. The van der Waals surface area contributed by atoms with E-state index < -0.39 is 6.04 Å². The first-order chi connectivity index (χ1) is 8.61. The predicted molar refractivity (Wildman–Crippen MR) is 70.9 cm³/mol. The highest BCUT2D eigenvalue weighted by Gasteiger charge is 2.28. The van der Waals surface area contributed by atoms with Crippen molar-refractivity contribution in [2.75, 3.05) is 14.1 Å². The Balaban J connectivity index is 3.18. The molecule has 0 aromatic heterocycles. The number of nitriles is 1. The average Bonchev–Trinajstić information content (AvgIpc) is 2.39. The molecule has 0 unspecified atom stereocenters. The van der Waals surface area contributed by atoms with Gasteiger partial charge in [0.2, 0.25) is 0 Å². The Morgan fingerprint density at radius 2 is 1.94 bits per heavy atom. The van der Waals surface area contributed by atoms with Crippen LogP contribution in [0.5, 0.6) is 0 Å². The van der Waals surface area contributed by atoms with Crippen molar-refractivity contribution < 1.29 is 0 Å². The zero-order valence-electron chi connectivity index (χ0n) is 10.9. The first-order valence-electron chi connectivity index (χ1n) is 5.77. The molecule has 1 aromatic rings. The van der Waals surface area contributed by atoms with Gasteiger partial charge in [0.05, 0.1) is 6.07 Å². The molecule has 3 atom stereocenters. The van der Waals surface area contributed by atoms with E-state index >= 15 is 0 Å². The zero-order chi connectivity index (χ0) is 13.5. The van der Waals surface area contributed by atoms with Crippen molar-refractivity contribution >= 4 is 0 Å². The highest BCUT2D eigenvalue weighted by Crippen LogP contribution is 2.27. The van der Waals surface area contributed by atoms with Gasteiger partial charge in [0, 0.05) is 16.9 Å². The van der Waals surface area contributed by atoms with E-state index in [-0.39, 0.29) is 12.0 Å². The fourth-order valence-corrected chi connectivity index (χ4v) is 1.95. The third-order valence-electron chi connectivity index (χ3n) is 3.17. The second kappa shape index (κ2) is 6.65. The van der Waals surface area contributed by atoms with Crippen LogP contribution in [-0.4, -0.2) is 31.1 Å². The third-order valence-corrected chi connectivity index (χ3v) is 3.17. The molecule has 0 radical (unpaired) electrons. The molecule has 94 valence electrons. The fourth-order valence-electron chi connectivity index (χ4n) is 1.95. The predicted octanol–water partition coefficient (Wildman–Crippen LogP) is 2.92. The molecule has 0 N–H and O–H groups in total. The van der Waals surface area contributed by atoms with Crippen LogP contribution in [0.2, 0.25) is 0 Å². The molecular weight excluding hydrogens is 226 g/mol. The minimum absolute atomic E-state index is 0.0996. The van der Waals surface area contributed by atoms with Gasteiger partial charge in [-0.05, 0) is 32.1 Å². The summed E-state index contributed by atoms with van der Waals surface area (Å²) in [5.41, 5.74) is 9.59. The van der Waals surface area contributed by atoms with Gasteiger partial charge in [-0.1, -0.05) is 35.4 Å². The Hall–Kier alpha value is -2.02. The summed E-state index contributed by atoms with van der Waals surface area (Å²) in [5, 5.41) is 12.8. The van der Waals surface area contributed by atoms with Crippen LogP contribution in [0.25, 0.3) is 10.4 Å². The van der Waals surface area contributed by atoms with Gasteiger partial charge in [-0.15, -0.1) is 0 Å². The van der Waals surface area contributed by atoms with E-state index in [0.717, 1.165) is 5.56 Å². The molecule has 0 aliphatic carbocycles. The molecule has 0 spiro atoms. The SMILES string of the molecule is C[C@@H]([C@H](c1ccccc1)[C@@H](C#N)N=[N+]=[N-])N(C)C. The van der Waals surface area contributed by atoms with E-state index in [2.05, 4.69) is 16.1 Å². The highest BCUT2D eigenvalue weighted by molar-refractivity contribution is 5.26. The van der Waals surface area contributed by atoms with Gasteiger partial charge in [0.15, 0.2) is 0 Å². The first kappa shape index (κ1) is 14.0. The molecule has 0 saturated heterocycles. The molecular formula is C13H17N5. The van der Waals surface area contributed by atoms with Crippen molar-refractivity contribution in [3.63, 3.8) is 0 Å². The molecule has 5 nitrogen and oxygen atoms in total. The van der Waals surface area contributed by atoms with Crippen LogP contribution < -0.4 is 0 Å². The molecule has 0 aliphatic heterocycles.